The van der Waals surface area contributed by atoms with Crippen molar-refractivity contribution in [1.29, 1.82) is 0 Å². The molecule has 4 aromatic rings. The number of halogens is 2. The number of carbonyl (C=O) groups excluding carboxylic acids is 17. The molecule has 5 N–H and O–H groups in total. The number of carbonyl (C=O) groups is 17. The van der Waals surface area contributed by atoms with E-state index in [2.05, 4.69) is 67.6 Å². The molecule has 0 aliphatic carbocycles. The summed E-state index contributed by atoms with van der Waals surface area (Å²) in [5.74, 6) is -2.20. The lowest BCUT2D eigenvalue weighted by atomic mass is 9.73. The Balaban J connectivity index is 0.000000158. The van der Waals surface area contributed by atoms with Crippen LogP contribution in [-0.2, 0) is 97.6 Å². The number of hydrogen-bond acceptors (Lipinski definition) is 24. The fraction of sp³-hybridized carbons (Fsp3) is 0.579. The highest BCUT2D eigenvalue weighted by Crippen LogP contribution is 2.43. The van der Waals surface area contributed by atoms with E-state index in [0.29, 0.717) is 138 Å². The van der Waals surface area contributed by atoms with Gasteiger partial charge in [-0.1, -0.05) is 58.4 Å². The van der Waals surface area contributed by atoms with E-state index < -0.39 is 58.4 Å². The number of nitrogens with one attached hydrogen (secondary N) is 5. The van der Waals surface area contributed by atoms with Crippen molar-refractivity contribution in [2.24, 2.45) is 0 Å². The number of amides is 16. The average Bonchev–Trinajstić information content (AvgIpc) is 1.63. The minimum absolute atomic E-state index is 0. The minimum atomic E-state index is -0.614. The van der Waals surface area contributed by atoms with Crippen LogP contribution in [0.4, 0.5) is 19.2 Å². The number of piperidine rings is 7. The molecular formula is C107H142BBrClN13O23. The zero-order chi connectivity index (χ0) is 106. The van der Waals surface area contributed by atoms with Crippen molar-refractivity contribution in [1.82, 2.24) is 65.8 Å². The highest BCUT2D eigenvalue weighted by molar-refractivity contribution is 9.10. The Hall–Kier alpha value is -11.7. The SMILES string of the molecule is CC(C)(C)OC(=O)N1CC=C(c2ccc3c(c2)CN(C2CCC(=O)NC2=O)C3=O)CC1.CC1CC(=O)CCN1C(=O)OC(C)(C)C.CC1CC(B2OC(C)(C)C(C)(C)O2)=CCN1C(=O)OC(C)(C)C.CC1CC(c2ccc3c(c2)CN(C2CCC(=O)NC2=O)C3=O)CCN1.CC1CC(c2ccc3c(c2)CN(C2CCC(=O)NC2=O)C3=O)CCN1C(=O)OC(C)(C)C.Cl.O=C1CCC(N2Cc3cc(Br)ccc3C2=O)C(=O)N1. The van der Waals surface area contributed by atoms with Gasteiger partial charge in [0.1, 0.15) is 52.4 Å². The highest BCUT2D eigenvalue weighted by atomic mass is 79.9. The summed E-state index contributed by atoms with van der Waals surface area (Å²) in [6, 6.07) is 21.5. The second kappa shape index (κ2) is 45.9. The largest absolute Gasteiger partial charge is 0.490 e. The molecule has 10 unspecified atom stereocenters. The summed E-state index contributed by atoms with van der Waals surface area (Å²) in [4.78, 5) is 217. The first-order chi connectivity index (χ1) is 67.9. The lowest BCUT2D eigenvalue weighted by molar-refractivity contribution is -0.138. The van der Waals surface area contributed by atoms with Crippen molar-refractivity contribution in [3.63, 3.8) is 0 Å². The van der Waals surface area contributed by atoms with Gasteiger partial charge in [0, 0.05) is 148 Å². The summed E-state index contributed by atoms with van der Waals surface area (Å²) in [6.45, 7) is 43.9. The molecule has 14 heterocycles. The molecule has 0 bridgehead atoms. The van der Waals surface area contributed by atoms with Gasteiger partial charge in [-0.25, -0.2) is 19.2 Å². The minimum Gasteiger partial charge on any atom is -0.444 e. The van der Waals surface area contributed by atoms with E-state index in [1.807, 2.05) is 186 Å². The number of ether oxygens (including phenoxy) is 4. The van der Waals surface area contributed by atoms with E-state index in [4.69, 9.17) is 28.3 Å². The number of benzene rings is 4. The van der Waals surface area contributed by atoms with Gasteiger partial charge in [0.2, 0.25) is 47.3 Å². The number of Topliss-reactive ketones (excluding diaryl/α,β-unsaturated/α-hetero) is 1. The van der Waals surface area contributed by atoms with Gasteiger partial charge in [-0.3, -0.25) is 83.6 Å². The van der Waals surface area contributed by atoms with E-state index in [0.717, 1.165) is 87.5 Å². The number of hydrogen-bond donors (Lipinski definition) is 5. The van der Waals surface area contributed by atoms with Gasteiger partial charge >= 0.3 is 31.5 Å². The first kappa shape index (κ1) is 113. The van der Waals surface area contributed by atoms with Crippen LogP contribution in [0, 0.1) is 0 Å². The standard InChI is InChI=1S/C24H31N3O5.C23H27N3O5.C19H23N3O3.C17H30BNO4.C13H11BrN2O3.C11H19NO3.ClH/c1-14-11-16(9-10-26(14)23(31)32-24(2,3)4)15-5-6-18-17(12-15)13-27(22(18)30)19-7-8-20(28)25-21(19)29;1-23(2,3)31-22(30)25-10-8-14(9-11-25)15-4-5-17-16(12-15)13-26(21(17)29)18-6-7-19(27)24-20(18)28;1-11-8-13(6-7-20-11)12-2-3-15-14(9-12)10-22(19(15)25)16-4-5-17(23)21-18(16)24;1-12-11-13(18-22-16(5,6)17(7,8)23-18)9-10-19(12)14(20)21-15(2,3)4;14-8-1-2-9-7(5-8)6-16(13(9)19)10-3-4-11(17)15-12(10)18;1-8-7-9(13)5-6-12(8)10(14)15-11(2,3)4;/h5-6,12,14,16,19H,7-11,13H2,1-4H3,(H,25,28,29);4-5,8,12,18H,6-7,9-11,13H2,1-3H3,(H,24,27,28);2-3,9,11,13,16,20H,4-8,10H2,1H3,(H,21,23,24);9,12H,10-11H2,1-8H3;1-2,5,10H,3-4,6H2,(H,15,17,18);8H,5-7H2,1-4H3;1H. The summed E-state index contributed by atoms with van der Waals surface area (Å²) in [6.07, 6.45) is 11.6. The molecule has 39 heteroatoms. The van der Waals surface area contributed by atoms with Crippen molar-refractivity contribution in [2.45, 2.75) is 361 Å². The first-order valence-electron chi connectivity index (χ1n) is 50.6. The maximum atomic E-state index is 12.9. The van der Waals surface area contributed by atoms with Crippen LogP contribution < -0.4 is 26.6 Å². The topological polar surface area (TPSA) is 432 Å². The van der Waals surface area contributed by atoms with Gasteiger partial charge in [0.05, 0.1) is 11.2 Å². The average molecular weight is 2100 g/mol. The third-order valence-electron chi connectivity index (χ3n) is 28.5. The van der Waals surface area contributed by atoms with E-state index >= 15 is 0 Å². The summed E-state index contributed by atoms with van der Waals surface area (Å²) in [5, 5.41) is 12.7. The van der Waals surface area contributed by atoms with Crippen LogP contribution in [0.1, 0.15) is 333 Å². The molecule has 10 atom stereocenters. The van der Waals surface area contributed by atoms with Crippen LogP contribution in [-0.4, -0.2) is 269 Å². The Morgan fingerprint density at radius 3 is 1.16 bits per heavy atom. The maximum Gasteiger partial charge on any atom is 0.490 e. The normalized spacial score (nSPS) is 24.9. The Bertz CT molecular complexity index is 5820. The van der Waals surface area contributed by atoms with Crippen LogP contribution in [0.5, 0.6) is 0 Å². The molecule has 16 amide bonds. The number of fused-ring (bicyclic) bond motifs is 4. The van der Waals surface area contributed by atoms with Crippen molar-refractivity contribution in [3.05, 3.63) is 156 Å². The van der Waals surface area contributed by atoms with Crippen molar-refractivity contribution in [3.8, 4) is 0 Å². The second-order valence-corrected chi connectivity index (χ2v) is 45.8. The maximum absolute atomic E-state index is 12.9. The first-order valence-corrected chi connectivity index (χ1v) is 51.4. The summed E-state index contributed by atoms with van der Waals surface area (Å²) in [5.41, 5.74) is 9.23. The summed E-state index contributed by atoms with van der Waals surface area (Å²) < 4.78 is 34.8. The van der Waals surface area contributed by atoms with Crippen LogP contribution in [0.15, 0.2) is 94.9 Å². The smallest absolute Gasteiger partial charge is 0.444 e. The number of likely N-dealkylation sites (tertiary alicyclic amines) is 2. The third kappa shape index (κ3) is 27.8. The number of imide groups is 4. The van der Waals surface area contributed by atoms with Crippen LogP contribution in [0.3, 0.4) is 0 Å². The molecule has 146 heavy (non-hydrogen) atoms. The summed E-state index contributed by atoms with van der Waals surface area (Å²) in [7, 11) is -0.330. The second-order valence-electron chi connectivity index (χ2n) is 44.9. The molecule has 8 fully saturated rings. The molecule has 0 spiro atoms. The Morgan fingerprint density at radius 1 is 0.404 bits per heavy atom. The Morgan fingerprint density at radius 2 is 0.781 bits per heavy atom. The highest BCUT2D eigenvalue weighted by Gasteiger charge is 2.54. The van der Waals surface area contributed by atoms with Crippen molar-refractivity contribution in [2.75, 3.05) is 39.3 Å². The van der Waals surface area contributed by atoms with E-state index in [1.54, 1.807) is 51.3 Å². The Kier molecular flexibility index (Phi) is 35.6. The molecule has 18 rings (SSSR count). The molecule has 14 aliphatic heterocycles. The molecule has 36 nitrogen and oxygen atoms in total. The lowest BCUT2D eigenvalue weighted by Crippen LogP contribution is -2.52. The predicted octanol–water partition coefficient (Wildman–Crippen LogP) is 13.9. The molecule has 4 aromatic carbocycles. The van der Waals surface area contributed by atoms with Crippen molar-refractivity contribution < 1.29 is 110 Å². The van der Waals surface area contributed by atoms with Gasteiger partial charge in [0.25, 0.3) is 23.6 Å². The molecule has 8 saturated heterocycles. The fourth-order valence-corrected chi connectivity index (χ4v) is 20.6. The third-order valence-corrected chi connectivity index (χ3v) is 29.0. The van der Waals surface area contributed by atoms with E-state index in [9.17, 15) is 81.5 Å². The van der Waals surface area contributed by atoms with Crippen molar-refractivity contribution >= 4 is 142 Å². The molecular weight excluding hydrogens is 1960 g/mol. The number of ketones is 1. The van der Waals surface area contributed by atoms with Crippen LogP contribution in [0.25, 0.3) is 5.57 Å². The number of rotatable bonds is 8. The lowest BCUT2D eigenvalue weighted by Gasteiger charge is -2.38. The molecule has 0 saturated carbocycles. The fourth-order valence-electron chi connectivity index (χ4n) is 20.2. The zero-order valence-corrected chi connectivity index (χ0v) is 90.0. The molecule has 0 radical (unpaired) electrons. The van der Waals surface area contributed by atoms with Gasteiger partial charge < -0.3 is 72.8 Å². The van der Waals surface area contributed by atoms with Gasteiger partial charge in [-0.2, -0.15) is 0 Å². The zero-order valence-electron chi connectivity index (χ0n) is 87.6. The molecule has 0 aromatic heterocycles. The van der Waals surface area contributed by atoms with Gasteiger partial charge in [-0.05, 0) is 314 Å². The van der Waals surface area contributed by atoms with Crippen LogP contribution >= 0.6 is 28.3 Å². The number of nitrogens with zero attached hydrogens (tertiary/aromatic N) is 8. The van der Waals surface area contributed by atoms with E-state index in [1.165, 1.54) is 5.56 Å². The predicted molar refractivity (Wildman–Crippen MR) is 547 cm³/mol. The van der Waals surface area contributed by atoms with Gasteiger partial charge in [0.15, 0.2) is 0 Å². The molecule has 790 valence electrons. The monoisotopic (exact) mass is 2100 g/mol. The Labute approximate surface area is 869 Å². The summed E-state index contributed by atoms with van der Waals surface area (Å²) >= 11 is 3.37. The quantitative estimate of drug-likeness (QED) is 0.0621. The van der Waals surface area contributed by atoms with Gasteiger partial charge in [-0.15, -0.1) is 12.4 Å². The van der Waals surface area contributed by atoms with Crippen LogP contribution in [0.2, 0.25) is 0 Å². The van der Waals surface area contributed by atoms with E-state index in [-0.39, 0.29) is 170 Å². The molecule has 14 aliphatic rings.